The van der Waals surface area contributed by atoms with E-state index in [-0.39, 0.29) is 11.8 Å². The number of rotatable bonds is 3. The lowest BCUT2D eigenvalue weighted by atomic mass is 10.2. The number of halogens is 3. The number of alkyl halides is 3. The molecule has 0 aromatic heterocycles. The van der Waals surface area contributed by atoms with Gasteiger partial charge >= 0.3 is 12.4 Å². The van der Waals surface area contributed by atoms with Crippen LogP contribution in [0.2, 0.25) is 0 Å². The molecule has 1 aliphatic heterocycles. The summed E-state index contributed by atoms with van der Waals surface area (Å²) in [5.74, 6) is -0.332. The summed E-state index contributed by atoms with van der Waals surface area (Å²) in [5, 5.41) is 8.20. The van der Waals surface area contributed by atoms with Gasteiger partial charge in [-0.05, 0) is 24.3 Å². The van der Waals surface area contributed by atoms with Crippen molar-refractivity contribution in [1.29, 1.82) is 0 Å². The van der Waals surface area contributed by atoms with Gasteiger partial charge in [0, 0.05) is 18.8 Å². The van der Waals surface area contributed by atoms with E-state index in [0.29, 0.717) is 18.8 Å². The second-order valence-corrected chi connectivity index (χ2v) is 4.03. The average molecular weight is 275 g/mol. The zero-order chi connectivity index (χ0) is 13.9. The molecule has 0 radical (unpaired) electrons. The van der Waals surface area contributed by atoms with Crippen LogP contribution in [-0.4, -0.2) is 31.5 Å². The average Bonchev–Trinajstić information content (AvgIpc) is 2.24. The first kappa shape index (κ1) is 13.5. The molecule has 0 saturated carbocycles. The van der Waals surface area contributed by atoms with Gasteiger partial charge in [-0.3, -0.25) is 0 Å². The molecule has 0 unspecified atom stereocenters. The fourth-order valence-electron chi connectivity index (χ4n) is 1.48. The minimum atomic E-state index is -4.72. The van der Waals surface area contributed by atoms with Crippen LogP contribution in [-0.2, 0) is 0 Å². The van der Waals surface area contributed by atoms with E-state index in [2.05, 4.69) is 20.7 Å². The van der Waals surface area contributed by atoms with Crippen LogP contribution >= 0.6 is 0 Å². The highest BCUT2D eigenvalue weighted by Gasteiger charge is 2.30. The molecule has 5 nitrogen and oxygen atoms in total. The third-order valence-corrected chi connectivity index (χ3v) is 2.46. The lowest BCUT2D eigenvalue weighted by Crippen LogP contribution is -2.57. The normalized spacial score (nSPS) is 15.5. The van der Waals surface area contributed by atoms with Crippen LogP contribution in [0, 0.1) is 0 Å². The highest BCUT2D eigenvalue weighted by atomic mass is 19.4. The smallest absolute Gasteiger partial charge is 0.406 e. The first-order valence-electron chi connectivity index (χ1n) is 5.56. The first-order valence-corrected chi connectivity index (χ1v) is 5.56. The van der Waals surface area contributed by atoms with Crippen molar-refractivity contribution >= 4 is 11.7 Å². The predicted octanol–water partition coefficient (Wildman–Crippen LogP) is 1.68. The summed E-state index contributed by atoms with van der Waals surface area (Å²) in [5.41, 5.74) is 0.388. The molecule has 0 aliphatic carbocycles. The van der Waals surface area contributed by atoms with Crippen molar-refractivity contribution in [2.75, 3.05) is 18.4 Å². The highest BCUT2D eigenvalue weighted by molar-refractivity contribution is 5.89. The van der Waals surface area contributed by atoms with Crippen molar-refractivity contribution in [3.05, 3.63) is 24.3 Å². The summed E-state index contributed by atoms with van der Waals surface area (Å²) in [6, 6.07) is 4.63. The molecule has 1 saturated heterocycles. The van der Waals surface area contributed by atoms with Crippen LogP contribution in [0.1, 0.15) is 0 Å². The van der Waals surface area contributed by atoms with E-state index in [1.54, 1.807) is 0 Å². The van der Waals surface area contributed by atoms with E-state index < -0.39 is 12.4 Å². The van der Waals surface area contributed by atoms with Gasteiger partial charge in [0.15, 0.2) is 0 Å². The summed E-state index contributed by atoms with van der Waals surface area (Å²) < 4.78 is 39.5. The Morgan fingerprint density at radius 3 is 2.37 bits per heavy atom. The lowest BCUT2D eigenvalue weighted by molar-refractivity contribution is -0.274. The largest absolute Gasteiger partial charge is 0.573 e. The summed E-state index contributed by atoms with van der Waals surface area (Å²) in [4.78, 5) is 11.5. The van der Waals surface area contributed by atoms with Crippen molar-refractivity contribution in [2.45, 2.75) is 12.4 Å². The molecule has 1 fully saturated rings. The minimum absolute atomic E-state index is 0.0906. The Morgan fingerprint density at radius 2 is 1.89 bits per heavy atom. The Balaban J connectivity index is 1.85. The van der Waals surface area contributed by atoms with Crippen LogP contribution in [0.25, 0.3) is 0 Å². The number of hydrogen-bond acceptors (Lipinski definition) is 3. The molecule has 2 amide bonds. The number of carbonyl (C=O) groups excluding carboxylic acids is 1. The number of nitrogens with one attached hydrogen (secondary N) is 3. The molecular weight excluding hydrogens is 263 g/mol. The molecule has 2 rings (SSSR count). The zero-order valence-electron chi connectivity index (χ0n) is 9.75. The van der Waals surface area contributed by atoms with Gasteiger partial charge in [-0.2, -0.15) is 0 Å². The lowest BCUT2D eigenvalue weighted by Gasteiger charge is -2.27. The molecule has 0 spiro atoms. The number of hydrogen-bond donors (Lipinski definition) is 3. The van der Waals surface area contributed by atoms with E-state index in [0.717, 1.165) is 12.1 Å². The van der Waals surface area contributed by atoms with Crippen LogP contribution in [0.3, 0.4) is 0 Å². The second kappa shape index (κ2) is 5.35. The molecule has 1 aromatic rings. The summed E-state index contributed by atoms with van der Waals surface area (Å²) >= 11 is 0. The molecule has 3 N–H and O–H groups in total. The Kier molecular flexibility index (Phi) is 3.79. The fourth-order valence-corrected chi connectivity index (χ4v) is 1.48. The fraction of sp³-hybridized carbons (Fsp3) is 0.364. The SMILES string of the molecule is O=C(Nc1ccc(OC(F)(F)F)cc1)NC1CNC1. The van der Waals surface area contributed by atoms with Gasteiger partial charge in [-0.15, -0.1) is 13.2 Å². The number of carbonyl (C=O) groups is 1. The molecule has 8 heteroatoms. The van der Waals surface area contributed by atoms with Crippen molar-refractivity contribution < 1.29 is 22.7 Å². The van der Waals surface area contributed by atoms with Crippen LogP contribution in [0.4, 0.5) is 23.7 Å². The van der Waals surface area contributed by atoms with Gasteiger partial charge in [0.1, 0.15) is 5.75 Å². The van der Waals surface area contributed by atoms with E-state index in [1.807, 2.05) is 0 Å². The van der Waals surface area contributed by atoms with Crippen molar-refractivity contribution in [1.82, 2.24) is 10.6 Å². The van der Waals surface area contributed by atoms with E-state index in [9.17, 15) is 18.0 Å². The van der Waals surface area contributed by atoms with Crippen molar-refractivity contribution in [2.24, 2.45) is 0 Å². The maximum Gasteiger partial charge on any atom is 0.573 e. The maximum atomic E-state index is 11.9. The van der Waals surface area contributed by atoms with E-state index >= 15 is 0 Å². The van der Waals surface area contributed by atoms with Gasteiger partial charge < -0.3 is 20.7 Å². The molecule has 19 heavy (non-hydrogen) atoms. The predicted molar refractivity (Wildman–Crippen MR) is 61.9 cm³/mol. The Morgan fingerprint density at radius 1 is 1.26 bits per heavy atom. The molecule has 0 bridgehead atoms. The Bertz CT molecular complexity index is 443. The van der Waals surface area contributed by atoms with Gasteiger partial charge in [-0.1, -0.05) is 0 Å². The molecular formula is C11H12F3N3O2. The summed E-state index contributed by atoms with van der Waals surface area (Å²) in [7, 11) is 0. The Hall–Kier alpha value is -1.96. The maximum absolute atomic E-state index is 11.9. The number of ether oxygens (including phenoxy) is 1. The molecule has 1 aliphatic rings. The van der Waals surface area contributed by atoms with E-state index in [1.165, 1.54) is 12.1 Å². The van der Waals surface area contributed by atoms with Crippen LogP contribution < -0.4 is 20.7 Å². The quantitative estimate of drug-likeness (QED) is 0.786. The number of amides is 2. The molecule has 104 valence electrons. The van der Waals surface area contributed by atoms with Crippen LogP contribution in [0.15, 0.2) is 24.3 Å². The summed E-state index contributed by atoms with van der Waals surface area (Å²) in [6.07, 6.45) is -4.72. The number of anilines is 1. The third-order valence-electron chi connectivity index (χ3n) is 2.46. The van der Waals surface area contributed by atoms with Gasteiger partial charge in [0.25, 0.3) is 0 Å². The standard InChI is InChI=1S/C11H12F3N3O2/c12-11(13,14)19-9-3-1-7(2-4-9)16-10(18)17-8-5-15-6-8/h1-4,8,15H,5-6H2,(H2,16,17,18). The van der Waals surface area contributed by atoms with Gasteiger partial charge in [0.2, 0.25) is 0 Å². The number of benzene rings is 1. The topological polar surface area (TPSA) is 62.4 Å². The van der Waals surface area contributed by atoms with E-state index in [4.69, 9.17) is 0 Å². The molecule has 0 atom stereocenters. The van der Waals surface area contributed by atoms with Crippen LogP contribution in [0.5, 0.6) is 5.75 Å². The van der Waals surface area contributed by atoms with Gasteiger partial charge in [-0.25, -0.2) is 4.79 Å². The monoisotopic (exact) mass is 275 g/mol. The summed E-state index contributed by atoms with van der Waals surface area (Å²) in [6.45, 7) is 1.43. The molecule has 1 heterocycles. The van der Waals surface area contributed by atoms with Gasteiger partial charge in [0.05, 0.1) is 6.04 Å². The first-order chi connectivity index (χ1) is 8.92. The minimum Gasteiger partial charge on any atom is -0.406 e. The third kappa shape index (κ3) is 4.32. The number of urea groups is 1. The Labute approximate surface area is 107 Å². The van der Waals surface area contributed by atoms with Crippen molar-refractivity contribution in [3.8, 4) is 5.75 Å². The second-order valence-electron chi connectivity index (χ2n) is 4.03. The molecule has 1 aromatic carbocycles. The zero-order valence-corrected chi connectivity index (χ0v) is 9.75. The van der Waals surface area contributed by atoms with Crippen molar-refractivity contribution in [3.63, 3.8) is 0 Å². The highest BCUT2D eigenvalue weighted by Crippen LogP contribution is 2.23.